The van der Waals surface area contributed by atoms with Gasteiger partial charge in [0.1, 0.15) is 18.6 Å². The standard InChI is InChI=1S/C35H38N6O6/c1-2-18-41(39-31(42)22-26-13-7-4-8-14-26)35(47)40-19-10-16-30(40)34(46)38-29(21-27-15-9-17-36-24-27)33(45)37-28(23-32(43)44)20-25-11-5-3-6-12-25/h1,3-9,11-15,17,24,28-30H,10,16,18-23H2,(H,37,45)(H,38,46)(H,39,42)(H,43,44)/t28-,29-,30-/m0/s1. The monoisotopic (exact) mass is 638 g/mol. The molecule has 3 aromatic rings. The summed E-state index contributed by atoms with van der Waals surface area (Å²) in [5.41, 5.74) is 4.83. The van der Waals surface area contributed by atoms with E-state index in [0.29, 0.717) is 18.4 Å². The van der Waals surface area contributed by atoms with Crippen molar-refractivity contribution in [3.05, 3.63) is 102 Å². The average molecular weight is 639 g/mol. The van der Waals surface area contributed by atoms with E-state index in [4.69, 9.17) is 6.42 Å². The number of terminal acetylenes is 1. The highest BCUT2D eigenvalue weighted by Crippen LogP contribution is 2.20. The maximum absolute atomic E-state index is 13.7. The van der Waals surface area contributed by atoms with E-state index >= 15 is 0 Å². The van der Waals surface area contributed by atoms with E-state index < -0.39 is 47.8 Å². The molecule has 0 saturated carbocycles. The molecule has 0 radical (unpaired) electrons. The molecule has 5 amide bonds. The summed E-state index contributed by atoms with van der Waals surface area (Å²) in [6.07, 6.45) is 9.57. The van der Waals surface area contributed by atoms with Crippen LogP contribution < -0.4 is 16.1 Å². The van der Waals surface area contributed by atoms with Crippen LogP contribution in [0.3, 0.4) is 0 Å². The molecule has 0 bridgehead atoms. The lowest BCUT2D eigenvalue weighted by molar-refractivity contribution is -0.138. The Hall–Kier alpha value is -5.70. The van der Waals surface area contributed by atoms with Crippen LogP contribution in [0.15, 0.2) is 85.2 Å². The fourth-order valence-corrected chi connectivity index (χ4v) is 5.46. The van der Waals surface area contributed by atoms with Gasteiger partial charge in [-0.1, -0.05) is 72.7 Å². The van der Waals surface area contributed by atoms with Gasteiger partial charge in [0.25, 0.3) is 0 Å². The van der Waals surface area contributed by atoms with E-state index in [9.17, 15) is 29.1 Å². The Bertz CT molecular complexity index is 1560. The second-order valence-corrected chi connectivity index (χ2v) is 11.2. The fraction of sp³-hybridized carbons (Fsp3) is 0.314. The molecule has 1 aliphatic rings. The minimum atomic E-state index is -1.09. The van der Waals surface area contributed by atoms with Crippen LogP contribution in [-0.2, 0) is 38.4 Å². The second-order valence-electron chi connectivity index (χ2n) is 11.2. The van der Waals surface area contributed by atoms with Gasteiger partial charge in [-0.15, -0.1) is 6.42 Å². The lowest BCUT2D eigenvalue weighted by Gasteiger charge is -2.31. The summed E-state index contributed by atoms with van der Waals surface area (Å²) in [6.45, 7) is 0.0202. The molecule has 47 heavy (non-hydrogen) atoms. The number of hydrogen-bond donors (Lipinski definition) is 4. The van der Waals surface area contributed by atoms with Gasteiger partial charge in [-0.05, 0) is 42.0 Å². The van der Waals surface area contributed by atoms with E-state index in [-0.39, 0.29) is 38.8 Å². The molecule has 4 rings (SSSR count). The molecule has 4 N–H and O–H groups in total. The van der Waals surface area contributed by atoms with Gasteiger partial charge < -0.3 is 20.6 Å². The van der Waals surface area contributed by atoms with Crippen LogP contribution in [0.25, 0.3) is 0 Å². The number of amides is 5. The Balaban J connectivity index is 1.48. The number of rotatable bonds is 13. The molecule has 1 aliphatic heterocycles. The predicted octanol–water partition coefficient (Wildman–Crippen LogP) is 2.10. The number of carbonyl (C=O) groups excluding carboxylic acids is 4. The zero-order chi connectivity index (χ0) is 33.6. The summed E-state index contributed by atoms with van der Waals surface area (Å²) in [5, 5.41) is 16.1. The number of pyridine rings is 1. The van der Waals surface area contributed by atoms with Gasteiger partial charge in [0, 0.05) is 31.4 Å². The highest BCUT2D eigenvalue weighted by molar-refractivity contribution is 5.93. The summed E-state index contributed by atoms with van der Waals surface area (Å²) in [4.78, 5) is 70.8. The number of hydrogen-bond acceptors (Lipinski definition) is 6. The van der Waals surface area contributed by atoms with Gasteiger partial charge in [-0.25, -0.2) is 9.80 Å². The first-order valence-corrected chi connectivity index (χ1v) is 15.3. The predicted molar refractivity (Wildman–Crippen MR) is 173 cm³/mol. The van der Waals surface area contributed by atoms with Gasteiger partial charge in [0.2, 0.25) is 17.7 Å². The Morgan fingerprint density at radius 1 is 0.936 bits per heavy atom. The lowest BCUT2D eigenvalue weighted by Crippen LogP contribution is -2.58. The molecule has 1 fully saturated rings. The third-order valence-electron chi connectivity index (χ3n) is 7.64. The van der Waals surface area contributed by atoms with Crippen molar-refractivity contribution in [3.8, 4) is 12.3 Å². The van der Waals surface area contributed by atoms with Gasteiger partial charge in [-0.3, -0.25) is 29.6 Å². The van der Waals surface area contributed by atoms with E-state index in [0.717, 1.165) is 16.1 Å². The largest absolute Gasteiger partial charge is 0.481 e. The van der Waals surface area contributed by atoms with Crippen molar-refractivity contribution < 1.29 is 29.1 Å². The van der Waals surface area contributed by atoms with Crippen LogP contribution in [-0.4, -0.2) is 80.9 Å². The second kappa shape index (κ2) is 17.1. The number of nitrogens with zero attached hydrogens (tertiary/aromatic N) is 3. The highest BCUT2D eigenvalue weighted by atomic mass is 16.4. The van der Waals surface area contributed by atoms with Gasteiger partial charge in [-0.2, -0.15) is 0 Å². The maximum Gasteiger partial charge on any atom is 0.340 e. The number of carboxylic acids is 1. The van der Waals surface area contributed by atoms with E-state index in [1.807, 2.05) is 36.4 Å². The number of aliphatic carboxylic acids is 1. The topological polar surface area (TPSA) is 161 Å². The minimum Gasteiger partial charge on any atom is -0.481 e. The summed E-state index contributed by atoms with van der Waals surface area (Å²) >= 11 is 0. The van der Waals surface area contributed by atoms with Crippen LogP contribution in [0.2, 0.25) is 0 Å². The third-order valence-corrected chi connectivity index (χ3v) is 7.64. The Morgan fingerprint density at radius 2 is 1.62 bits per heavy atom. The van der Waals surface area contributed by atoms with Gasteiger partial charge in [0.15, 0.2) is 0 Å². The first kappa shape index (κ1) is 34.2. The number of carbonyl (C=O) groups is 5. The Morgan fingerprint density at radius 3 is 2.26 bits per heavy atom. The van der Waals surface area contributed by atoms with Crippen molar-refractivity contribution in [2.45, 2.75) is 56.7 Å². The number of nitrogens with one attached hydrogen (secondary N) is 3. The zero-order valence-electron chi connectivity index (χ0n) is 25.9. The lowest BCUT2D eigenvalue weighted by atomic mass is 10.0. The van der Waals surface area contributed by atoms with Crippen LogP contribution in [0, 0.1) is 12.3 Å². The van der Waals surface area contributed by atoms with E-state index in [1.165, 1.54) is 4.90 Å². The SMILES string of the molecule is C#CCN(NC(=O)Cc1ccccc1)C(=O)N1CCC[C@H]1C(=O)N[C@@H](Cc1cccnc1)C(=O)N[C@H](CC(=O)O)Cc1ccccc1. The number of likely N-dealkylation sites (tertiary alicyclic amines) is 1. The van der Waals surface area contributed by atoms with Crippen LogP contribution in [0.1, 0.15) is 36.0 Å². The highest BCUT2D eigenvalue weighted by Gasteiger charge is 2.38. The van der Waals surface area contributed by atoms with Crippen molar-refractivity contribution in [1.29, 1.82) is 0 Å². The molecular formula is C35H38N6O6. The Kier molecular flexibility index (Phi) is 12.4. The van der Waals surface area contributed by atoms with Crippen LogP contribution in [0.4, 0.5) is 4.79 Å². The zero-order valence-corrected chi connectivity index (χ0v) is 25.9. The van der Waals surface area contributed by atoms with Crippen molar-refractivity contribution in [2.75, 3.05) is 13.1 Å². The first-order valence-electron chi connectivity index (χ1n) is 15.3. The quantitative estimate of drug-likeness (QED) is 0.165. The van der Waals surface area contributed by atoms with Gasteiger partial charge >= 0.3 is 12.0 Å². The molecule has 3 atom stereocenters. The van der Waals surface area contributed by atoms with Crippen molar-refractivity contribution in [3.63, 3.8) is 0 Å². The third kappa shape index (κ3) is 10.4. The molecule has 0 unspecified atom stereocenters. The number of urea groups is 1. The fourth-order valence-electron chi connectivity index (χ4n) is 5.46. The number of hydrazine groups is 1. The molecule has 12 nitrogen and oxygen atoms in total. The molecule has 2 heterocycles. The average Bonchev–Trinajstić information content (AvgIpc) is 3.55. The van der Waals surface area contributed by atoms with E-state index in [2.05, 4.69) is 27.0 Å². The summed E-state index contributed by atoms with van der Waals surface area (Å²) in [7, 11) is 0. The number of benzene rings is 2. The number of aromatic nitrogens is 1. The maximum atomic E-state index is 13.7. The molecule has 12 heteroatoms. The summed E-state index contributed by atoms with van der Waals surface area (Å²) < 4.78 is 0. The van der Waals surface area contributed by atoms with Crippen molar-refractivity contribution in [2.24, 2.45) is 0 Å². The van der Waals surface area contributed by atoms with Gasteiger partial charge in [0.05, 0.1) is 12.8 Å². The number of carboxylic acid groups (broad SMARTS) is 1. The van der Waals surface area contributed by atoms with E-state index in [1.54, 1.807) is 48.8 Å². The Labute approximate surface area is 273 Å². The van der Waals surface area contributed by atoms with Crippen molar-refractivity contribution >= 4 is 29.7 Å². The van der Waals surface area contributed by atoms with Crippen LogP contribution in [0.5, 0.6) is 0 Å². The van der Waals surface area contributed by atoms with Crippen molar-refractivity contribution in [1.82, 2.24) is 31.0 Å². The molecule has 1 saturated heterocycles. The smallest absolute Gasteiger partial charge is 0.340 e. The molecule has 2 aromatic carbocycles. The molecule has 0 spiro atoms. The molecule has 1 aromatic heterocycles. The first-order chi connectivity index (χ1) is 22.7. The molecular weight excluding hydrogens is 600 g/mol. The normalized spacial score (nSPS) is 15.0. The summed E-state index contributed by atoms with van der Waals surface area (Å²) in [5.74, 6) is -0.279. The summed E-state index contributed by atoms with van der Waals surface area (Å²) in [6, 6.07) is 18.3. The minimum absolute atomic E-state index is 0.0252. The molecule has 0 aliphatic carbocycles. The molecule has 244 valence electrons. The van der Waals surface area contributed by atoms with Crippen LogP contribution >= 0.6 is 0 Å².